The molecule has 0 aliphatic heterocycles. The van der Waals surface area contributed by atoms with Gasteiger partial charge in [-0.05, 0) is 43.0 Å². The average Bonchev–Trinajstić information content (AvgIpc) is 2.31. The van der Waals surface area contributed by atoms with Crippen LogP contribution in [0.2, 0.25) is 0 Å². The van der Waals surface area contributed by atoms with Crippen LogP contribution in [0.3, 0.4) is 0 Å². The zero-order chi connectivity index (χ0) is 13.5. The van der Waals surface area contributed by atoms with Gasteiger partial charge in [-0.25, -0.2) is 0 Å². The van der Waals surface area contributed by atoms with Gasteiger partial charge < -0.3 is 5.32 Å². The molecule has 0 unspecified atom stereocenters. The molecule has 0 atom stereocenters. The van der Waals surface area contributed by atoms with E-state index in [0.29, 0.717) is 12.3 Å². The first-order valence-corrected chi connectivity index (χ1v) is 7.44. The maximum atomic E-state index is 11.5. The van der Waals surface area contributed by atoms with Crippen molar-refractivity contribution in [2.45, 2.75) is 39.0 Å². The van der Waals surface area contributed by atoms with E-state index >= 15 is 0 Å². The Kier molecular flexibility index (Phi) is 6.27. The van der Waals surface area contributed by atoms with E-state index in [2.05, 4.69) is 51.2 Å². The molecule has 0 saturated carbocycles. The lowest BCUT2D eigenvalue weighted by atomic mass is 10.1. The van der Waals surface area contributed by atoms with Gasteiger partial charge in [0.1, 0.15) is 0 Å². The number of aryl methyl sites for hydroxylation is 2. The third-order valence-electron chi connectivity index (χ3n) is 2.78. The van der Waals surface area contributed by atoms with E-state index in [-0.39, 0.29) is 5.91 Å². The van der Waals surface area contributed by atoms with Crippen molar-refractivity contribution in [3.63, 3.8) is 0 Å². The Morgan fingerprint density at radius 1 is 1.28 bits per heavy atom. The molecule has 0 aliphatic carbocycles. The lowest BCUT2D eigenvalue weighted by Crippen LogP contribution is -2.27. The molecule has 0 aliphatic rings. The van der Waals surface area contributed by atoms with Crippen LogP contribution in [0.5, 0.6) is 0 Å². The highest BCUT2D eigenvalue weighted by Gasteiger charge is 2.03. The van der Waals surface area contributed by atoms with E-state index < -0.39 is 0 Å². The van der Waals surface area contributed by atoms with E-state index in [4.69, 9.17) is 0 Å². The summed E-state index contributed by atoms with van der Waals surface area (Å²) >= 11 is 1.75. The summed E-state index contributed by atoms with van der Waals surface area (Å²) in [6.45, 7) is 9.21. The normalized spacial score (nSPS) is 10.7. The minimum Gasteiger partial charge on any atom is -0.356 e. The molecule has 0 spiro atoms. The molecule has 1 aromatic carbocycles. The quantitative estimate of drug-likeness (QED) is 0.797. The van der Waals surface area contributed by atoms with Gasteiger partial charge in [0.25, 0.3) is 0 Å². The van der Waals surface area contributed by atoms with E-state index in [1.54, 1.807) is 11.8 Å². The monoisotopic (exact) mass is 265 g/mol. The number of hydrogen-bond acceptors (Lipinski definition) is 2. The highest BCUT2D eigenvalue weighted by Crippen LogP contribution is 2.21. The lowest BCUT2D eigenvalue weighted by molar-refractivity contribution is -0.120. The average molecular weight is 265 g/mol. The summed E-state index contributed by atoms with van der Waals surface area (Å²) in [6.07, 6.45) is 0.588. The molecule has 0 heterocycles. The first-order chi connectivity index (χ1) is 8.49. The van der Waals surface area contributed by atoms with Gasteiger partial charge >= 0.3 is 0 Å². The van der Waals surface area contributed by atoms with Gasteiger partial charge in [0.2, 0.25) is 5.91 Å². The Labute approximate surface area is 115 Å². The maximum absolute atomic E-state index is 11.5. The van der Waals surface area contributed by atoms with Gasteiger partial charge in [0, 0.05) is 23.6 Å². The SMILES string of the molecule is Cc1ccc(SCCC(=O)NCC(C)C)cc1C. The van der Waals surface area contributed by atoms with Crippen LogP contribution in [0.4, 0.5) is 0 Å². The second-order valence-electron chi connectivity index (χ2n) is 5.04. The molecule has 18 heavy (non-hydrogen) atoms. The number of rotatable bonds is 6. The van der Waals surface area contributed by atoms with Gasteiger partial charge in [0.05, 0.1) is 0 Å². The van der Waals surface area contributed by atoms with Crippen molar-refractivity contribution < 1.29 is 4.79 Å². The summed E-state index contributed by atoms with van der Waals surface area (Å²) in [5, 5.41) is 2.94. The number of hydrogen-bond donors (Lipinski definition) is 1. The van der Waals surface area contributed by atoms with Crippen molar-refractivity contribution >= 4 is 17.7 Å². The molecule has 0 fully saturated rings. The standard InChI is InChI=1S/C15H23NOS/c1-11(2)10-16-15(17)7-8-18-14-6-5-12(3)13(4)9-14/h5-6,9,11H,7-8,10H2,1-4H3,(H,16,17). The van der Waals surface area contributed by atoms with Crippen LogP contribution in [0.25, 0.3) is 0 Å². The van der Waals surface area contributed by atoms with Crippen LogP contribution in [0, 0.1) is 19.8 Å². The molecule has 100 valence electrons. The van der Waals surface area contributed by atoms with Gasteiger partial charge in [0.15, 0.2) is 0 Å². The van der Waals surface area contributed by atoms with Crippen LogP contribution in [-0.4, -0.2) is 18.2 Å². The van der Waals surface area contributed by atoms with Crippen molar-refractivity contribution in [3.8, 4) is 0 Å². The molecule has 0 radical (unpaired) electrons. The molecule has 1 N–H and O–H groups in total. The van der Waals surface area contributed by atoms with Crippen molar-refractivity contribution in [2.75, 3.05) is 12.3 Å². The first-order valence-electron chi connectivity index (χ1n) is 6.46. The van der Waals surface area contributed by atoms with Crippen LogP contribution in [0.15, 0.2) is 23.1 Å². The van der Waals surface area contributed by atoms with Crippen molar-refractivity contribution in [1.82, 2.24) is 5.32 Å². The van der Waals surface area contributed by atoms with Crippen molar-refractivity contribution in [3.05, 3.63) is 29.3 Å². The fourth-order valence-corrected chi connectivity index (χ4v) is 2.42. The molecular formula is C15H23NOS. The predicted octanol–water partition coefficient (Wildman–Crippen LogP) is 3.56. The Hall–Kier alpha value is -0.960. The Morgan fingerprint density at radius 3 is 2.61 bits per heavy atom. The molecule has 1 rings (SSSR count). The van der Waals surface area contributed by atoms with Crippen molar-refractivity contribution in [1.29, 1.82) is 0 Å². The van der Waals surface area contributed by atoms with Crippen LogP contribution < -0.4 is 5.32 Å². The van der Waals surface area contributed by atoms with Crippen LogP contribution in [-0.2, 0) is 4.79 Å². The molecule has 0 bridgehead atoms. The third-order valence-corrected chi connectivity index (χ3v) is 3.78. The third kappa shape index (κ3) is 5.58. The summed E-state index contributed by atoms with van der Waals surface area (Å²) in [5.41, 5.74) is 2.62. The predicted molar refractivity (Wildman–Crippen MR) is 79.1 cm³/mol. The molecule has 1 amide bonds. The molecule has 0 saturated heterocycles. The highest BCUT2D eigenvalue weighted by molar-refractivity contribution is 7.99. The summed E-state index contributed by atoms with van der Waals surface area (Å²) in [7, 11) is 0. The van der Waals surface area contributed by atoms with E-state index in [1.807, 2.05) is 0 Å². The summed E-state index contributed by atoms with van der Waals surface area (Å²) in [6, 6.07) is 6.45. The molecule has 1 aromatic rings. The van der Waals surface area contributed by atoms with Crippen LogP contribution in [0.1, 0.15) is 31.4 Å². The minimum atomic E-state index is 0.153. The van der Waals surface area contributed by atoms with E-state index in [1.165, 1.54) is 16.0 Å². The number of thioether (sulfide) groups is 1. The minimum absolute atomic E-state index is 0.153. The van der Waals surface area contributed by atoms with Gasteiger partial charge in [-0.1, -0.05) is 19.9 Å². The molecular weight excluding hydrogens is 242 g/mol. The second-order valence-corrected chi connectivity index (χ2v) is 6.21. The molecule has 0 aromatic heterocycles. The zero-order valence-corrected chi connectivity index (χ0v) is 12.6. The smallest absolute Gasteiger partial charge is 0.220 e. The fourth-order valence-electron chi connectivity index (χ4n) is 1.47. The number of amides is 1. The number of carbonyl (C=O) groups is 1. The number of nitrogens with one attached hydrogen (secondary N) is 1. The summed E-state index contributed by atoms with van der Waals surface area (Å²) in [5.74, 6) is 1.51. The van der Waals surface area contributed by atoms with Gasteiger partial charge in [-0.15, -0.1) is 11.8 Å². The second kappa shape index (κ2) is 7.47. The number of benzene rings is 1. The van der Waals surface area contributed by atoms with Crippen LogP contribution >= 0.6 is 11.8 Å². The summed E-state index contributed by atoms with van der Waals surface area (Å²) in [4.78, 5) is 12.8. The van der Waals surface area contributed by atoms with E-state index in [0.717, 1.165) is 12.3 Å². The van der Waals surface area contributed by atoms with Gasteiger partial charge in [-0.3, -0.25) is 4.79 Å². The van der Waals surface area contributed by atoms with Gasteiger partial charge in [-0.2, -0.15) is 0 Å². The highest BCUT2D eigenvalue weighted by atomic mass is 32.2. The fraction of sp³-hybridized carbons (Fsp3) is 0.533. The Bertz CT molecular complexity index is 401. The first kappa shape index (κ1) is 15.1. The largest absolute Gasteiger partial charge is 0.356 e. The zero-order valence-electron chi connectivity index (χ0n) is 11.7. The number of carbonyl (C=O) groups excluding carboxylic acids is 1. The molecule has 2 nitrogen and oxygen atoms in total. The maximum Gasteiger partial charge on any atom is 0.220 e. The Balaban J connectivity index is 2.28. The lowest BCUT2D eigenvalue weighted by Gasteiger charge is -2.08. The van der Waals surface area contributed by atoms with Crippen molar-refractivity contribution in [2.24, 2.45) is 5.92 Å². The summed E-state index contributed by atoms with van der Waals surface area (Å²) < 4.78 is 0. The Morgan fingerprint density at radius 2 is 2.00 bits per heavy atom. The molecule has 3 heteroatoms. The van der Waals surface area contributed by atoms with E-state index in [9.17, 15) is 4.79 Å². The topological polar surface area (TPSA) is 29.1 Å².